The molecule has 7 heteroatoms. The van der Waals surface area contributed by atoms with Gasteiger partial charge >= 0.3 is 5.97 Å². The van der Waals surface area contributed by atoms with Crippen molar-refractivity contribution >= 4 is 29.3 Å². The van der Waals surface area contributed by atoms with E-state index in [1.165, 1.54) is 6.92 Å². The molecule has 0 bridgehead atoms. The molecule has 0 radical (unpaired) electrons. The third-order valence-electron chi connectivity index (χ3n) is 5.39. The van der Waals surface area contributed by atoms with E-state index in [0.29, 0.717) is 42.7 Å². The third-order valence-corrected chi connectivity index (χ3v) is 5.39. The van der Waals surface area contributed by atoms with Crippen LogP contribution in [-0.2, 0) is 14.3 Å². The zero-order valence-electron chi connectivity index (χ0n) is 17.7. The molecule has 0 atom stereocenters. The van der Waals surface area contributed by atoms with Crippen LogP contribution in [0.5, 0.6) is 0 Å². The van der Waals surface area contributed by atoms with Crippen molar-refractivity contribution < 1.29 is 23.9 Å². The van der Waals surface area contributed by atoms with Crippen LogP contribution >= 0.6 is 0 Å². The Labute approximate surface area is 181 Å². The first-order chi connectivity index (χ1) is 14.8. The van der Waals surface area contributed by atoms with Crippen LogP contribution in [0.1, 0.15) is 46.0 Å². The van der Waals surface area contributed by atoms with Crippen LogP contribution in [0.4, 0.5) is 5.69 Å². The molecule has 0 unspecified atom stereocenters. The summed E-state index contributed by atoms with van der Waals surface area (Å²) in [4.78, 5) is 50.3. The number of hydrogen-bond acceptors (Lipinski definition) is 5. The van der Waals surface area contributed by atoms with Crippen molar-refractivity contribution in [2.24, 2.45) is 5.92 Å². The summed E-state index contributed by atoms with van der Waals surface area (Å²) in [6.45, 7) is 3.89. The molecule has 1 saturated heterocycles. The third kappa shape index (κ3) is 5.78. The maximum Gasteiger partial charge on any atom is 0.309 e. The van der Waals surface area contributed by atoms with E-state index in [9.17, 15) is 19.2 Å². The predicted octanol–water partition coefficient (Wildman–Crippen LogP) is 3.23. The molecule has 7 nitrogen and oxygen atoms in total. The fourth-order valence-corrected chi connectivity index (χ4v) is 3.57. The molecule has 0 aliphatic carbocycles. The minimum atomic E-state index is -0.471. The number of carbonyl (C=O) groups excluding carboxylic acids is 4. The zero-order chi connectivity index (χ0) is 22.4. The Morgan fingerprint density at radius 2 is 1.74 bits per heavy atom. The molecule has 3 rings (SSSR count). The molecule has 2 amide bonds. The molecule has 0 saturated carbocycles. The molecular formula is C24H26N2O5. The molecule has 2 aromatic carbocycles. The van der Waals surface area contributed by atoms with Gasteiger partial charge in [0.25, 0.3) is 11.8 Å². The number of ether oxygens (including phenoxy) is 1. The Hall–Kier alpha value is -3.48. The van der Waals surface area contributed by atoms with Crippen LogP contribution < -0.4 is 5.32 Å². The number of carbonyl (C=O) groups is 4. The Kier molecular flexibility index (Phi) is 7.18. The first-order valence-corrected chi connectivity index (χ1v) is 10.3. The van der Waals surface area contributed by atoms with Crippen molar-refractivity contribution in [3.8, 4) is 0 Å². The van der Waals surface area contributed by atoms with E-state index in [1.807, 2.05) is 31.2 Å². The normalized spacial score (nSPS) is 14.1. The van der Waals surface area contributed by atoms with Crippen molar-refractivity contribution in [1.29, 1.82) is 0 Å². The summed E-state index contributed by atoms with van der Waals surface area (Å²) >= 11 is 0. The van der Waals surface area contributed by atoms with Crippen LogP contribution in [0.15, 0.2) is 48.5 Å². The van der Waals surface area contributed by atoms with Gasteiger partial charge in [-0.2, -0.15) is 0 Å². The van der Waals surface area contributed by atoms with Crippen molar-refractivity contribution in [3.63, 3.8) is 0 Å². The molecule has 2 aromatic rings. The van der Waals surface area contributed by atoms with Crippen LogP contribution in [0, 0.1) is 12.8 Å². The number of ketones is 1. The number of piperidine rings is 1. The van der Waals surface area contributed by atoms with E-state index in [-0.39, 0.29) is 17.6 Å². The largest absolute Gasteiger partial charge is 0.455 e. The van der Waals surface area contributed by atoms with Gasteiger partial charge in [0.2, 0.25) is 0 Å². The Bertz CT molecular complexity index is 993. The van der Waals surface area contributed by atoms with Gasteiger partial charge in [-0.15, -0.1) is 0 Å². The lowest BCUT2D eigenvalue weighted by Crippen LogP contribution is -2.41. The van der Waals surface area contributed by atoms with Gasteiger partial charge in [0, 0.05) is 29.9 Å². The molecule has 162 valence electrons. The van der Waals surface area contributed by atoms with E-state index in [2.05, 4.69) is 5.32 Å². The summed E-state index contributed by atoms with van der Waals surface area (Å²) in [5.41, 5.74) is 2.56. The molecule has 1 heterocycles. The second-order valence-corrected chi connectivity index (χ2v) is 7.67. The Morgan fingerprint density at radius 1 is 1.03 bits per heavy atom. The van der Waals surface area contributed by atoms with Gasteiger partial charge in [-0.05, 0) is 50.5 Å². The number of likely N-dealkylation sites (tertiary alicyclic amines) is 1. The highest BCUT2D eigenvalue weighted by molar-refractivity contribution is 5.98. The number of anilines is 1. The highest BCUT2D eigenvalue weighted by Crippen LogP contribution is 2.21. The molecule has 1 fully saturated rings. The number of nitrogens with zero attached hydrogens (tertiary/aromatic N) is 1. The summed E-state index contributed by atoms with van der Waals surface area (Å²) < 4.78 is 5.17. The number of amides is 2. The van der Waals surface area contributed by atoms with Gasteiger partial charge in [-0.1, -0.05) is 30.3 Å². The Balaban J connectivity index is 1.45. The molecule has 0 aromatic heterocycles. The second kappa shape index (κ2) is 10.0. The van der Waals surface area contributed by atoms with Gasteiger partial charge in [-0.3, -0.25) is 19.2 Å². The van der Waals surface area contributed by atoms with Crippen LogP contribution in [-0.4, -0.2) is 48.2 Å². The molecule has 1 aliphatic heterocycles. The summed E-state index contributed by atoms with van der Waals surface area (Å²) in [5.74, 6) is -1.38. The summed E-state index contributed by atoms with van der Waals surface area (Å²) in [5, 5.41) is 2.62. The smallest absolute Gasteiger partial charge is 0.309 e. The monoisotopic (exact) mass is 422 g/mol. The fourth-order valence-electron chi connectivity index (χ4n) is 3.57. The van der Waals surface area contributed by atoms with Gasteiger partial charge < -0.3 is 15.0 Å². The number of aryl methyl sites for hydroxylation is 1. The standard InChI is InChI=1S/C24H26N2O5/c1-16-6-3-4-9-21(16)23(29)26-12-10-18(11-13-26)24(30)31-15-22(28)25-20-8-5-7-19(14-20)17(2)27/h3-9,14,18H,10-13,15H2,1-2H3,(H,25,28). The minimum Gasteiger partial charge on any atom is -0.455 e. The maximum absolute atomic E-state index is 12.7. The summed E-state index contributed by atoms with van der Waals surface area (Å²) in [6, 6.07) is 14.0. The summed E-state index contributed by atoms with van der Waals surface area (Å²) in [6.07, 6.45) is 0.997. The lowest BCUT2D eigenvalue weighted by Gasteiger charge is -2.31. The lowest BCUT2D eigenvalue weighted by molar-refractivity contribution is -0.152. The van der Waals surface area contributed by atoms with Gasteiger partial charge in [0.1, 0.15) is 0 Å². The van der Waals surface area contributed by atoms with Crippen LogP contribution in [0.25, 0.3) is 0 Å². The van der Waals surface area contributed by atoms with E-state index in [4.69, 9.17) is 4.74 Å². The number of esters is 1. The van der Waals surface area contributed by atoms with E-state index < -0.39 is 18.5 Å². The van der Waals surface area contributed by atoms with Crippen LogP contribution in [0.2, 0.25) is 0 Å². The Morgan fingerprint density at radius 3 is 2.42 bits per heavy atom. The fraction of sp³-hybridized carbons (Fsp3) is 0.333. The van der Waals surface area contributed by atoms with E-state index in [0.717, 1.165) is 5.56 Å². The first kappa shape index (κ1) is 22.2. The SMILES string of the molecule is CC(=O)c1cccc(NC(=O)COC(=O)C2CCN(C(=O)c3ccccc3C)CC2)c1. The zero-order valence-corrected chi connectivity index (χ0v) is 17.7. The minimum absolute atomic E-state index is 0.0305. The first-order valence-electron chi connectivity index (χ1n) is 10.3. The average Bonchev–Trinajstić information content (AvgIpc) is 2.77. The summed E-state index contributed by atoms with van der Waals surface area (Å²) in [7, 11) is 0. The highest BCUT2D eigenvalue weighted by Gasteiger charge is 2.29. The molecule has 31 heavy (non-hydrogen) atoms. The van der Waals surface area contributed by atoms with Crippen molar-refractivity contribution in [2.75, 3.05) is 25.0 Å². The number of benzene rings is 2. The molecule has 0 spiro atoms. The van der Waals surface area contributed by atoms with E-state index >= 15 is 0 Å². The van der Waals surface area contributed by atoms with Gasteiger partial charge in [0.05, 0.1) is 5.92 Å². The second-order valence-electron chi connectivity index (χ2n) is 7.67. The number of nitrogens with one attached hydrogen (secondary N) is 1. The number of rotatable bonds is 6. The number of hydrogen-bond donors (Lipinski definition) is 1. The quantitative estimate of drug-likeness (QED) is 0.570. The molecular weight excluding hydrogens is 396 g/mol. The molecule has 1 aliphatic rings. The average molecular weight is 422 g/mol. The van der Waals surface area contributed by atoms with Crippen LogP contribution in [0.3, 0.4) is 0 Å². The highest BCUT2D eigenvalue weighted by atomic mass is 16.5. The topological polar surface area (TPSA) is 92.8 Å². The lowest BCUT2D eigenvalue weighted by atomic mass is 9.96. The van der Waals surface area contributed by atoms with Crippen molar-refractivity contribution in [3.05, 3.63) is 65.2 Å². The maximum atomic E-state index is 12.7. The van der Waals surface area contributed by atoms with Gasteiger partial charge in [0.15, 0.2) is 12.4 Å². The number of Topliss-reactive ketones (excluding diaryl/α,β-unsaturated/α-hetero) is 1. The van der Waals surface area contributed by atoms with E-state index in [1.54, 1.807) is 29.2 Å². The molecule has 1 N–H and O–H groups in total. The predicted molar refractivity (Wildman–Crippen MR) is 116 cm³/mol. The van der Waals surface area contributed by atoms with Crippen molar-refractivity contribution in [1.82, 2.24) is 4.90 Å². The van der Waals surface area contributed by atoms with Crippen molar-refractivity contribution in [2.45, 2.75) is 26.7 Å². The van der Waals surface area contributed by atoms with Gasteiger partial charge in [-0.25, -0.2) is 0 Å².